The maximum atomic E-state index is 8.94. The molecule has 1 fully saturated rings. The van der Waals surface area contributed by atoms with Crippen molar-refractivity contribution in [2.24, 2.45) is 0 Å². The van der Waals surface area contributed by atoms with E-state index in [0.717, 1.165) is 31.5 Å². The van der Waals surface area contributed by atoms with Gasteiger partial charge in [-0.2, -0.15) is 5.26 Å². The molecule has 0 radical (unpaired) electrons. The first kappa shape index (κ1) is 12.0. The van der Waals surface area contributed by atoms with E-state index in [1.807, 2.05) is 12.1 Å². The Hall–Kier alpha value is -1.44. The van der Waals surface area contributed by atoms with E-state index in [9.17, 15) is 0 Å². The molecule has 1 atom stereocenters. The van der Waals surface area contributed by atoms with Crippen LogP contribution in [0.25, 0.3) is 0 Å². The van der Waals surface area contributed by atoms with Crippen molar-refractivity contribution in [2.45, 2.75) is 32.0 Å². The van der Waals surface area contributed by atoms with Crippen molar-refractivity contribution in [2.75, 3.05) is 13.1 Å². The van der Waals surface area contributed by atoms with Gasteiger partial charge in [0.1, 0.15) is 11.8 Å². The van der Waals surface area contributed by atoms with Gasteiger partial charge in [-0.25, -0.2) is 4.98 Å². The maximum Gasteiger partial charge on any atom is 0.145 e. The largest absolute Gasteiger partial charge is 0.369 e. The van der Waals surface area contributed by atoms with Crippen LogP contribution < -0.4 is 5.32 Å². The highest BCUT2D eigenvalue weighted by Crippen LogP contribution is 2.22. The van der Waals surface area contributed by atoms with Crippen LogP contribution in [0.15, 0.2) is 18.3 Å². The normalized spacial score (nSPS) is 24.2. The van der Waals surface area contributed by atoms with Crippen LogP contribution in [-0.4, -0.2) is 23.7 Å². The third-order valence-corrected chi connectivity index (χ3v) is 3.13. The molecule has 17 heavy (non-hydrogen) atoms. The first-order chi connectivity index (χ1) is 8.23. The molecule has 4 nitrogen and oxygen atoms in total. The zero-order valence-corrected chi connectivity index (χ0v) is 10.1. The van der Waals surface area contributed by atoms with E-state index in [1.54, 1.807) is 6.20 Å². The summed E-state index contributed by atoms with van der Waals surface area (Å²) in [5, 5.41) is 12.3. The summed E-state index contributed by atoms with van der Waals surface area (Å²) in [6.45, 7) is 4.50. The standard InChI is InChI=1S/C13H17N3O/c1-13(5-3-6-15-10-13)17-9-11-4-2-7-16-12(11)8-14/h2,4,7,15H,3,5-6,9-10H2,1H3. The van der Waals surface area contributed by atoms with Crippen LogP contribution >= 0.6 is 0 Å². The Balaban J connectivity index is 2.00. The van der Waals surface area contributed by atoms with Crippen molar-refractivity contribution in [1.82, 2.24) is 10.3 Å². The van der Waals surface area contributed by atoms with Crippen LogP contribution in [0.3, 0.4) is 0 Å². The topological polar surface area (TPSA) is 57.9 Å². The van der Waals surface area contributed by atoms with Crippen molar-refractivity contribution in [3.05, 3.63) is 29.6 Å². The van der Waals surface area contributed by atoms with Crippen molar-refractivity contribution in [1.29, 1.82) is 5.26 Å². The molecule has 2 rings (SSSR count). The molecule has 4 heteroatoms. The van der Waals surface area contributed by atoms with Crippen LogP contribution in [0.4, 0.5) is 0 Å². The summed E-state index contributed by atoms with van der Waals surface area (Å²) in [7, 11) is 0. The van der Waals surface area contributed by atoms with Gasteiger partial charge in [-0.1, -0.05) is 6.07 Å². The number of piperidine rings is 1. The number of pyridine rings is 1. The van der Waals surface area contributed by atoms with E-state index in [1.165, 1.54) is 0 Å². The van der Waals surface area contributed by atoms with Gasteiger partial charge < -0.3 is 10.1 Å². The van der Waals surface area contributed by atoms with Crippen molar-refractivity contribution < 1.29 is 4.74 Å². The Kier molecular flexibility index (Phi) is 3.72. The first-order valence-electron chi connectivity index (χ1n) is 5.92. The highest BCUT2D eigenvalue weighted by atomic mass is 16.5. The van der Waals surface area contributed by atoms with Crippen molar-refractivity contribution >= 4 is 0 Å². The van der Waals surface area contributed by atoms with Crippen LogP contribution in [0.2, 0.25) is 0 Å². The minimum atomic E-state index is -0.124. The third kappa shape index (κ3) is 3.02. The zero-order chi connectivity index (χ0) is 12.1. The van der Waals surface area contributed by atoms with Gasteiger partial charge in [-0.15, -0.1) is 0 Å². The van der Waals surface area contributed by atoms with Gasteiger partial charge in [0, 0.05) is 18.3 Å². The Bertz CT molecular complexity index is 419. The van der Waals surface area contributed by atoms with Gasteiger partial charge >= 0.3 is 0 Å². The summed E-state index contributed by atoms with van der Waals surface area (Å²) in [5.74, 6) is 0. The fraction of sp³-hybridized carbons (Fsp3) is 0.538. The van der Waals surface area contributed by atoms with E-state index >= 15 is 0 Å². The number of rotatable bonds is 3. The monoisotopic (exact) mass is 231 g/mol. The third-order valence-electron chi connectivity index (χ3n) is 3.13. The summed E-state index contributed by atoms with van der Waals surface area (Å²) >= 11 is 0. The molecule has 0 spiro atoms. The smallest absolute Gasteiger partial charge is 0.145 e. The maximum absolute atomic E-state index is 8.94. The van der Waals surface area contributed by atoms with Gasteiger partial charge in [-0.05, 0) is 32.4 Å². The summed E-state index contributed by atoms with van der Waals surface area (Å²) in [5.41, 5.74) is 1.20. The fourth-order valence-electron chi connectivity index (χ4n) is 2.06. The number of hydrogen-bond donors (Lipinski definition) is 1. The molecule has 1 N–H and O–H groups in total. The molecule has 0 amide bonds. The molecule has 2 heterocycles. The van der Waals surface area contributed by atoms with Crippen LogP contribution in [0, 0.1) is 11.3 Å². The second-order valence-corrected chi connectivity index (χ2v) is 4.64. The molecule has 0 aliphatic carbocycles. The van der Waals surface area contributed by atoms with Gasteiger partial charge in [0.05, 0.1) is 12.2 Å². The van der Waals surface area contributed by atoms with Gasteiger partial charge in [0.2, 0.25) is 0 Å². The predicted octanol–water partition coefficient (Wildman–Crippen LogP) is 1.61. The summed E-state index contributed by atoms with van der Waals surface area (Å²) in [4.78, 5) is 4.03. The zero-order valence-electron chi connectivity index (χ0n) is 10.1. The number of nitrogens with one attached hydrogen (secondary N) is 1. The lowest BCUT2D eigenvalue weighted by Gasteiger charge is -2.34. The SMILES string of the molecule is CC1(OCc2cccnc2C#N)CCCNC1. The highest BCUT2D eigenvalue weighted by molar-refractivity contribution is 5.29. The highest BCUT2D eigenvalue weighted by Gasteiger charge is 2.27. The Morgan fingerprint density at radius 3 is 3.24 bits per heavy atom. The van der Waals surface area contributed by atoms with E-state index in [-0.39, 0.29) is 5.60 Å². The quantitative estimate of drug-likeness (QED) is 0.858. The Morgan fingerprint density at radius 1 is 1.65 bits per heavy atom. The molecule has 0 bridgehead atoms. The summed E-state index contributed by atoms with van der Waals surface area (Å²) < 4.78 is 5.95. The average molecular weight is 231 g/mol. The minimum Gasteiger partial charge on any atom is -0.369 e. The predicted molar refractivity (Wildman–Crippen MR) is 64.2 cm³/mol. The lowest BCUT2D eigenvalue weighted by Crippen LogP contribution is -2.45. The van der Waals surface area contributed by atoms with E-state index < -0.39 is 0 Å². The molecular formula is C13H17N3O. The van der Waals surface area contributed by atoms with Crippen LogP contribution in [0.5, 0.6) is 0 Å². The number of nitriles is 1. The van der Waals surface area contributed by atoms with Gasteiger partial charge in [0.25, 0.3) is 0 Å². The molecule has 1 aliphatic rings. The first-order valence-corrected chi connectivity index (χ1v) is 5.92. The summed E-state index contributed by atoms with van der Waals surface area (Å²) in [6, 6.07) is 5.82. The van der Waals surface area contributed by atoms with E-state index in [0.29, 0.717) is 12.3 Å². The molecular weight excluding hydrogens is 214 g/mol. The Labute approximate surface area is 102 Å². The van der Waals surface area contributed by atoms with Crippen molar-refractivity contribution in [3.8, 4) is 6.07 Å². The van der Waals surface area contributed by atoms with Gasteiger partial charge in [0.15, 0.2) is 0 Å². The lowest BCUT2D eigenvalue weighted by molar-refractivity contribution is -0.0572. The minimum absolute atomic E-state index is 0.124. The molecule has 1 aromatic heterocycles. The number of nitrogens with zero attached hydrogens (tertiary/aromatic N) is 2. The Morgan fingerprint density at radius 2 is 2.53 bits per heavy atom. The van der Waals surface area contributed by atoms with E-state index in [2.05, 4.69) is 23.3 Å². The molecule has 90 valence electrons. The molecule has 0 saturated carbocycles. The van der Waals surface area contributed by atoms with Crippen LogP contribution in [0.1, 0.15) is 31.0 Å². The fourth-order valence-corrected chi connectivity index (χ4v) is 2.06. The number of hydrogen-bond acceptors (Lipinski definition) is 4. The second kappa shape index (κ2) is 5.26. The van der Waals surface area contributed by atoms with Crippen LogP contribution in [-0.2, 0) is 11.3 Å². The van der Waals surface area contributed by atoms with Crippen molar-refractivity contribution in [3.63, 3.8) is 0 Å². The molecule has 1 unspecified atom stereocenters. The summed E-state index contributed by atoms with van der Waals surface area (Å²) in [6.07, 6.45) is 3.82. The second-order valence-electron chi connectivity index (χ2n) is 4.64. The number of ether oxygens (including phenoxy) is 1. The molecule has 1 saturated heterocycles. The van der Waals surface area contributed by atoms with E-state index in [4.69, 9.17) is 10.00 Å². The molecule has 1 aliphatic heterocycles. The molecule has 0 aromatic carbocycles. The van der Waals surface area contributed by atoms with Gasteiger partial charge in [-0.3, -0.25) is 0 Å². The average Bonchev–Trinajstić information content (AvgIpc) is 2.38. The molecule has 1 aromatic rings. The number of aromatic nitrogens is 1. The lowest BCUT2D eigenvalue weighted by atomic mass is 9.96.